The highest BCUT2D eigenvalue weighted by Gasteiger charge is 2.57. The molecule has 110 valence electrons. The van der Waals surface area contributed by atoms with E-state index in [4.69, 9.17) is 9.26 Å². The number of rotatable bonds is 3. The largest absolute Gasteiger partial charge is 0.468 e. The van der Waals surface area contributed by atoms with Crippen molar-refractivity contribution in [2.75, 3.05) is 7.11 Å². The van der Waals surface area contributed by atoms with Gasteiger partial charge in [-0.1, -0.05) is 19.0 Å². The zero-order valence-electron chi connectivity index (χ0n) is 12.4. The van der Waals surface area contributed by atoms with Gasteiger partial charge in [0.2, 0.25) is 5.89 Å². The summed E-state index contributed by atoms with van der Waals surface area (Å²) < 4.78 is 10.2. The summed E-state index contributed by atoms with van der Waals surface area (Å²) in [4.78, 5) is 16.3. The molecule has 0 saturated heterocycles. The molecular weight excluding hydrogens is 256 g/mol. The fourth-order valence-electron chi connectivity index (χ4n) is 3.08. The highest BCUT2D eigenvalue weighted by molar-refractivity contribution is 5.85. The molecule has 2 saturated carbocycles. The van der Waals surface area contributed by atoms with E-state index in [1.165, 1.54) is 20.0 Å². The Kier molecular flexibility index (Phi) is 3.10. The van der Waals surface area contributed by atoms with Gasteiger partial charge >= 0.3 is 5.97 Å². The number of carbonyl (C=O) groups excluding carboxylic acids is 1. The quantitative estimate of drug-likeness (QED) is 0.795. The summed E-state index contributed by atoms with van der Waals surface area (Å²) in [6, 6.07) is 0. The van der Waals surface area contributed by atoms with Gasteiger partial charge in [-0.15, -0.1) is 0 Å². The Balaban J connectivity index is 1.74. The number of hydrogen-bond acceptors (Lipinski definition) is 5. The van der Waals surface area contributed by atoms with Crippen molar-refractivity contribution in [1.82, 2.24) is 10.1 Å². The molecule has 5 nitrogen and oxygen atoms in total. The van der Waals surface area contributed by atoms with Gasteiger partial charge in [-0.3, -0.25) is 4.79 Å². The lowest BCUT2D eigenvalue weighted by atomic mass is 9.73. The minimum atomic E-state index is -0.645. The second-order valence-corrected chi connectivity index (χ2v) is 6.97. The maximum absolute atomic E-state index is 11.8. The molecule has 0 unspecified atom stereocenters. The van der Waals surface area contributed by atoms with Crippen molar-refractivity contribution >= 4 is 5.97 Å². The van der Waals surface area contributed by atoms with Crippen molar-refractivity contribution in [1.29, 1.82) is 0 Å². The van der Waals surface area contributed by atoms with Crippen molar-refractivity contribution in [2.45, 2.75) is 63.7 Å². The van der Waals surface area contributed by atoms with Crippen LogP contribution in [0.5, 0.6) is 0 Å². The number of ether oxygens (including phenoxy) is 1. The molecule has 1 heterocycles. The Bertz CT molecular complexity index is 507. The Morgan fingerprint density at radius 2 is 1.90 bits per heavy atom. The maximum atomic E-state index is 11.8. The molecule has 5 heteroatoms. The molecule has 2 fully saturated rings. The highest BCUT2D eigenvalue weighted by atomic mass is 16.5. The molecule has 0 aliphatic heterocycles. The van der Waals surface area contributed by atoms with Crippen LogP contribution in [0.1, 0.15) is 70.0 Å². The second kappa shape index (κ2) is 4.57. The summed E-state index contributed by atoms with van der Waals surface area (Å²) in [5.74, 6) is 1.33. The summed E-state index contributed by atoms with van der Waals surface area (Å²) >= 11 is 0. The smallest absolute Gasteiger partial charge is 0.321 e. The third kappa shape index (κ3) is 2.23. The van der Waals surface area contributed by atoms with Crippen molar-refractivity contribution in [3.63, 3.8) is 0 Å². The van der Waals surface area contributed by atoms with E-state index >= 15 is 0 Å². The molecule has 0 N–H and O–H groups in total. The van der Waals surface area contributed by atoms with Crippen LogP contribution in [-0.4, -0.2) is 23.2 Å². The Labute approximate surface area is 119 Å². The third-order valence-corrected chi connectivity index (χ3v) is 4.88. The van der Waals surface area contributed by atoms with E-state index in [0.717, 1.165) is 31.5 Å². The first-order valence-electron chi connectivity index (χ1n) is 7.39. The van der Waals surface area contributed by atoms with E-state index in [1.54, 1.807) is 0 Å². The zero-order valence-corrected chi connectivity index (χ0v) is 12.4. The number of methoxy groups -OCH3 is 1. The third-order valence-electron chi connectivity index (χ3n) is 4.88. The number of aromatic nitrogens is 2. The van der Waals surface area contributed by atoms with Gasteiger partial charge in [0.25, 0.3) is 0 Å². The fraction of sp³-hybridized carbons (Fsp3) is 0.800. The van der Waals surface area contributed by atoms with Gasteiger partial charge < -0.3 is 9.26 Å². The number of hydrogen-bond donors (Lipinski definition) is 0. The lowest BCUT2D eigenvalue weighted by molar-refractivity contribution is -0.144. The molecule has 0 amide bonds. The van der Waals surface area contributed by atoms with E-state index in [2.05, 4.69) is 24.0 Å². The predicted octanol–water partition coefficient (Wildman–Crippen LogP) is 2.96. The molecule has 0 atom stereocenters. The van der Waals surface area contributed by atoms with E-state index in [0.29, 0.717) is 17.2 Å². The molecule has 0 aromatic carbocycles. The zero-order chi connectivity index (χ0) is 14.4. The Morgan fingerprint density at radius 3 is 2.45 bits per heavy atom. The normalized spacial score (nSPS) is 24.4. The predicted molar refractivity (Wildman–Crippen MR) is 72.2 cm³/mol. The van der Waals surface area contributed by atoms with Crippen molar-refractivity contribution in [3.8, 4) is 0 Å². The highest BCUT2D eigenvalue weighted by Crippen LogP contribution is 2.49. The van der Waals surface area contributed by atoms with E-state index in [-0.39, 0.29) is 5.97 Å². The first-order chi connectivity index (χ1) is 9.47. The minimum absolute atomic E-state index is 0.252. The lowest BCUT2D eigenvalue weighted by Crippen LogP contribution is -2.23. The van der Waals surface area contributed by atoms with Gasteiger partial charge in [0.1, 0.15) is 5.41 Å². The molecule has 2 aliphatic carbocycles. The summed E-state index contributed by atoms with van der Waals surface area (Å²) in [5, 5.41) is 4.12. The van der Waals surface area contributed by atoms with Crippen LogP contribution < -0.4 is 0 Å². The number of esters is 1. The summed E-state index contributed by atoms with van der Waals surface area (Å²) in [6.07, 6.45) is 6.06. The maximum Gasteiger partial charge on any atom is 0.321 e. The lowest BCUT2D eigenvalue weighted by Gasteiger charge is -2.32. The van der Waals surface area contributed by atoms with Crippen LogP contribution in [-0.2, 0) is 14.9 Å². The van der Waals surface area contributed by atoms with Gasteiger partial charge in [-0.25, -0.2) is 0 Å². The van der Waals surface area contributed by atoms with Gasteiger partial charge in [0.05, 0.1) is 7.11 Å². The molecule has 0 spiro atoms. The van der Waals surface area contributed by atoms with Crippen molar-refractivity contribution in [3.05, 3.63) is 11.7 Å². The van der Waals surface area contributed by atoms with Crippen LogP contribution >= 0.6 is 0 Å². The molecule has 0 radical (unpaired) electrons. The molecule has 1 aromatic rings. The van der Waals surface area contributed by atoms with Crippen molar-refractivity contribution < 1.29 is 14.1 Å². The topological polar surface area (TPSA) is 65.2 Å². The molecular formula is C15H22N2O3. The van der Waals surface area contributed by atoms with E-state index in [1.807, 2.05) is 0 Å². The van der Waals surface area contributed by atoms with E-state index < -0.39 is 5.41 Å². The summed E-state index contributed by atoms with van der Waals surface area (Å²) in [7, 11) is 1.41. The molecule has 1 aromatic heterocycles. The molecule has 0 bridgehead atoms. The number of carbonyl (C=O) groups is 1. The average molecular weight is 278 g/mol. The Hall–Kier alpha value is -1.39. The molecule has 20 heavy (non-hydrogen) atoms. The Morgan fingerprint density at radius 1 is 1.25 bits per heavy atom. The minimum Gasteiger partial charge on any atom is -0.468 e. The molecule has 3 rings (SSSR count). The van der Waals surface area contributed by atoms with Crippen LogP contribution in [0.2, 0.25) is 0 Å². The monoisotopic (exact) mass is 278 g/mol. The van der Waals surface area contributed by atoms with Crippen LogP contribution in [0.25, 0.3) is 0 Å². The summed E-state index contributed by atoms with van der Waals surface area (Å²) in [5.41, 5.74) is -0.221. The van der Waals surface area contributed by atoms with Crippen LogP contribution in [0.3, 0.4) is 0 Å². The fourth-order valence-corrected chi connectivity index (χ4v) is 3.08. The second-order valence-electron chi connectivity index (χ2n) is 6.97. The van der Waals surface area contributed by atoms with Crippen LogP contribution in [0.4, 0.5) is 0 Å². The number of nitrogens with zero attached hydrogens (tertiary/aromatic N) is 2. The molecule has 2 aliphatic rings. The van der Waals surface area contributed by atoms with Crippen LogP contribution in [0.15, 0.2) is 4.52 Å². The van der Waals surface area contributed by atoms with E-state index in [9.17, 15) is 4.79 Å². The van der Waals surface area contributed by atoms with Gasteiger partial charge in [0.15, 0.2) is 5.82 Å². The van der Waals surface area contributed by atoms with Gasteiger partial charge in [0, 0.05) is 5.92 Å². The first kappa shape index (κ1) is 13.6. The average Bonchev–Trinajstić information content (AvgIpc) is 3.09. The standard InChI is InChI=1S/C15H22N2O3/c1-14(2)6-4-10(5-7-14)11-16-12(20-17-11)15(8-9-15)13(18)19-3/h10H,4-9H2,1-3H3. The van der Waals surface area contributed by atoms with Gasteiger partial charge in [-0.05, 0) is 43.9 Å². The summed E-state index contributed by atoms with van der Waals surface area (Å²) in [6.45, 7) is 4.61. The SMILES string of the molecule is COC(=O)C1(c2nc(C3CCC(C)(C)CC3)no2)CC1. The van der Waals surface area contributed by atoms with Gasteiger partial charge in [-0.2, -0.15) is 4.98 Å². The van der Waals surface area contributed by atoms with Crippen LogP contribution in [0, 0.1) is 5.41 Å². The van der Waals surface area contributed by atoms with Crippen molar-refractivity contribution in [2.24, 2.45) is 5.41 Å². The first-order valence-corrected chi connectivity index (χ1v) is 7.39.